The highest BCUT2D eigenvalue weighted by Gasteiger charge is 2.48. The number of aliphatic hydroxyl groups is 1. The molecule has 7 rings (SSSR count). The maximum absolute atomic E-state index is 14.3. The number of phenols is 2. The molecule has 490 valence electrons. The summed E-state index contributed by atoms with van der Waals surface area (Å²) in [6.07, 6.45) is 4.85. The molecule has 4 fully saturated rings. The lowest BCUT2D eigenvalue weighted by molar-refractivity contribution is -0.162. The summed E-state index contributed by atoms with van der Waals surface area (Å²) in [5, 5.41) is 34.6. The van der Waals surface area contributed by atoms with Gasteiger partial charge in [-0.3, -0.25) is 28.8 Å². The van der Waals surface area contributed by atoms with Crippen LogP contribution in [0.2, 0.25) is 0 Å². The lowest BCUT2D eigenvalue weighted by Crippen LogP contribution is -2.55. The van der Waals surface area contributed by atoms with Crippen molar-refractivity contribution < 1.29 is 86.8 Å². The fourth-order valence-corrected chi connectivity index (χ4v) is 12.0. The van der Waals surface area contributed by atoms with Crippen molar-refractivity contribution >= 4 is 47.5 Å². The summed E-state index contributed by atoms with van der Waals surface area (Å²) in [6, 6.07) is 19.1. The number of aliphatic hydroxyl groups excluding tert-OH is 1. The van der Waals surface area contributed by atoms with Crippen LogP contribution in [0.3, 0.4) is 0 Å². The Kier molecular flexibility index (Phi) is 27.2. The fourth-order valence-electron chi connectivity index (χ4n) is 12.0. The third-order valence-electron chi connectivity index (χ3n) is 16.3. The van der Waals surface area contributed by atoms with E-state index < -0.39 is 71.3 Å². The topological polar surface area (TPSA) is 292 Å². The molecule has 2 unspecified atom stereocenters. The second kappa shape index (κ2) is 34.2. The highest BCUT2D eigenvalue weighted by Crippen LogP contribution is 2.37. The van der Waals surface area contributed by atoms with Gasteiger partial charge in [0.25, 0.3) is 0 Å². The van der Waals surface area contributed by atoms with Gasteiger partial charge in [-0.25, -0.2) is 9.59 Å². The van der Waals surface area contributed by atoms with Crippen LogP contribution < -0.4 is 10.6 Å². The van der Waals surface area contributed by atoms with Crippen LogP contribution in [0.1, 0.15) is 135 Å². The van der Waals surface area contributed by atoms with Gasteiger partial charge in [0.05, 0.1) is 57.7 Å². The summed E-state index contributed by atoms with van der Waals surface area (Å²) in [7, 11) is 2.55. The number of ether oxygens (including phenoxy) is 7. The Morgan fingerprint density at radius 2 is 0.933 bits per heavy atom. The van der Waals surface area contributed by atoms with Crippen LogP contribution in [0.4, 0.5) is 0 Å². The van der Waals surface area contributed by atoms with Crippen molar-refractivity contribution in [2.24, 2.45) is 23.7 Å². The van der Waals surface area contributed by atoms with Gasteiger partial charge in [0, 0.05) is 52.4 Å². The number of likely N-dealkylation sites (tertiary alicyclic amines) is 2. The van der Waals surface area contributed by atoms with E-state index in [9.17, 15) is 48.6 Å². The molecular formula is C67H94N4O18. The van der Waals surface area contributed by atoms with E-state index in [0.717, 1.165) is 5.56 Å². The number of hydrogen-bond acceptors (Lipinski definition) is 18. The van der Waals surface area contributed by atoms with Crippen LogP contribution in [0.5, 0.6) is 11.5 Å². The van der Waals surface area contributed by atoms with E-state index >= 15 is 0 Å². The number of carbonyl (C=O) groups excluding carboxylic acids is 8. The predicted octanol–water partition coefficient (Wildman–Crippen LogP) is 6.44. The average Bonchev–Trinajstić information content (AvgIpc) is 3.74. The van der Waals surface area contributed by atoms with Gasteiger partial charge in [0.15, 0.2) is 0 Å². The molecule has 6 atom stereocenters. The monoisotopic (exact) mass is 1240 g/mol. The number of methoxy groups -OCH3 is 2. The summed E-state index contributed by atoms with van der Waals surface area (Å²) in [4.78, 5) is 109. The van der Waals surface area contributed by atoms with Crippen molar-refractivity contribution in [1.29, 1.82) is 0 Å². The highest BCUT2D eigenvalue weighted by molar-refractivity contribution is 5.93. The zero-order valence-electron chi connectivity index (χ0n) is 53.0. The van der Waals surface area contributed by atoms with Crippen molar-refractivity contribution in [3.63, 3.8) is 0 Å². The Hall–Kier alpha value is -7.14. The van der Waals surface area contributed by atoms with E-state index in [2.05, 4.69) is 10.6 Å². The zero-order valence-corrected chi connectivity index (χ0v) is 53.0. The molecule has 0 radical (unpaired) electrons. The second-order valence-electron chi connectivity index (χ2n) is 25.6. The Labute approximate surface area is 522 Å². The number of aromatic hydroxyl groups is 2. The van der Waals surface area contributed by atoms with Gasteiger partial charge in [-0.1, -0.05) is 54.6 Å². The normalized spacial score (nSPS) is 22.5. The van der Waals surface area contributed by atoms with Crippen LogP contribution in [-0.4, -0.2) is 174 Å². The molecule has 2 heterocycles. The van der Waals surface area contributed by atoms with Gasteiger partial charge < -0.3 is 68.9 Å². The number of phenolic OH excluding ortho intramolecular Hbond substituents is 2. The first kappa shape index (κ1) is 70.9. The minimum atomic E-state index is -0.928. The quantitative estimate of drug-likeness (QED) is 0.0346. The molecule has 22 heteroatoms. The van der Waals surface area contributed by atoms with E-state index in [0.29, 0.717) is 95.2 Å². The molecule has 2 saturated carbocycles. The lowest BCUT2D eigenvalue weighted by Gasteiger charge is -2.36. The maximum atomic E-state index is 14.3. The first-order chi connectivity index (χ1) is 42.3. The highest BCUT2D eigenvalue weighted by atomic mass is 16.6. The first-order valence-corrected chi connectivity index (χ1v) is 31.2. The van der Waals surface area contributed by atoms with Gasteiger partial charge in [-0.05, 0) is 159 Å². The fraction of sp³-hybridized carbons (Fsp3) is 0.612. The summed E-state index contributed by atoms with van der Waals surface area (Å²) < 4.78 is 38.9. The number of nitrogens with zero attached hydrogens (tertiary/aromatic N) is 2. The number of rotatable bonds is 25. The molecule has 0 bridgehead atoms. The van der Waals surface area contributed by atoms with Gasteiger partial charge >= 0.3 is 23.9 Å². The molecule has 89 heavy (non-hydrogen) atoms. The summed E-state index contributed by atoms with van der Waals surface area (Å²) in [5.41, 5.74) is 1.08. The summed E-state index contributed by atoms with van der Waals surface area (Å²) in [5.74, 6) is -4.22. The van der Waals surface area contributed by atoms with Gasteiger partial charge in [0.2, 0.25) is 23.6 Å². The molecule has 0 spiro atoms. The van der Waals surface area contributed by atoms with Gasteiger partial charge in [0.1, 0.15) is 46.9 Å². The molecule has 4 aliphatic rings. The summed E-state index contributed by atoms with van der Waals surface area (Å²) >= 11 is 0. The minimum Gasteiger partial charge on any atom is -0.508 e. The van der Waals surface area contributed by atoms with E-state index in [1.165, 1.54) is 48.3 Å². The van der Waals surface area contributed by atoms with E-state index in [4.69, 9.17) is 38.3 Å². The van der Waals surface area contributed by atoms with Crippen molar-refractivity contribution in [2.75, 3.05) is 53.7 Å². The van der Waals surface area contributed by atoms with Gasteiger partial charge in [-0.2, -0.15) is 0 Å². The van der Waals surface area contributed by atoms with E-state index in [-0.39, 0.29) is 111 Å². The Bertz CT molecular complexity index is 2800. The predicted molar refractivity (Wildman–Crippen MR) is 326 cm³/mol. The van der Waals surface area contributed by atoms with Crippen molar-refractivity contribution in [1.82, 2.24) is 20.4 Å². The van der Waals surface area contributed by atoms with Crippen molar-refractivity contribution in [3.8, 4) is 11.5 Å². The average molecular weight is 1240 g/mol. The second-order valence-corrected chi connectivity index (χ2v) is 25.6. The largest absolute Gasteiger partial charge is 0.508 e. The number of benzene rings is 3. The number of hydrogen-bond donors (Lipinski definition) is 5. The Morgan fingerprint density at radius 1 is 0.528 bits per heavy atom. The van der Waals surface area contributed by atoms with Crippen LogP contribution in [0.15, 0.2) is 78.9 Å². The van der Waals surface area contributed by atoms with E-state index in [1.54, 1.807) is 24.3 Å². The molecule has 5 N–H and O–H groups in total. The van der Waals surface area contributed by atoms with Gasteiger partial charge in [-0.15, -0.1) is 0 Å². The number of esters is 4. The molecule has 2 aliphatic heterocycles. The molecule has 3 aromatic carbocycles. The smallest absolute Gasteiger partial charge is 0.328 e. The Morgan fingerprint density at radius 3 is 1.31 bits per heavy atom. The number of carbonyl (C=O) groups is 8. The molecular weight excluding hydrogens is 1150 g/mol. The maximum Gasteiger partial charge on any atom is 0.328 e. The molecule has 2 aliphatic carbocycles. The molecule has 2 saturated heterocycles. The molecule has 22 nitrogen and oxygen atoms in total. The van der Waals surface area contributed by atoms with Crippen LogP contribution in [-0.2, 0) is 91.0 Å². The first-order valence-electron chi connectivity index (χ1n) is 31.2. The molecule has 0 aromatic heterocycles. The molecule has 3 aromatic rings. The van der Waals surface area contributed by atoms with Crippen LogP contribution in [0.25, 0.3) is 0 Å². The zero-order chi connectivity index (χ0) is 64.8. The summed E-state index contributed by atoms with van der Waals surface area (Å²) in [6.45, 7) is 12.9. The number of nitrogens with one attached hydrogen (secondary N) is 2. The standard InChI is InChI=1S/C37H50N2O9.C30H44N2O9/c1-37(2,3)48-35(43)28-16-14-27(15-17-28)33(38-32(41)21-26-12-8-13-29(40)20-26)34(42)39-23-30(22-31(39)36(44)45-4)47-19-9-18-46-24-25-10-6-5-7-11-25;1-30(2,3)41-28(37)21-11-9-20(10-12-21)26(31-25(35)16-19-7-5-8-22(34)15-19)27(36)32-18-23(40-14-6-13-33)17-24(32)29(38)39-4/h5-8,10-13,20,27-28,30-31,33,40H,9,14-19,21-24H2,1-4H3,(H,38,41);5,7-8,15,20-21,23-24,26,33-34H,6,9-14,16-18H2,1-4H3,(H,31,35)/t27?,28?,30-,31+,33?;20?,21?,23-,24+,26?/m11/s1. The van der Waals surface area contributed by atoms with E-state index in [1.807, 2.05) is 71.9 Å². The minimum absolute atomic E-state index is 0.0327. The lowest BCUT2D eigenvalue weighted by atomic mass is 9.78. The molecule has 4 amide bonds. The van der Waals surface area contributed by atoms with Crippen molar-refractivity contribution in [2.45, 2.75) is 186 Å². The third kappa shape index (κ3) is 22.7. The SMILES string of the molecule is COC(=O)[C@@H]1C[C@@H](OCCCO)CN1C(=O)C(NC(=O)Cc1cccc(O)c1)C1CCC(C(=O)OC(C)(C)C)CC1.COC(=O)[C@@H]1C[C@@H](OCCCOCc2ccccc2)CN1C(=O)C(NC(=O)Cc1cccc(O)c1)C1CCC(C(=O)OC(C)(C)C)CC1. The van der Waals surface area contributed by atoms with Crippen LogP contribution >= 0.6 is 0 Å². The third-order valence-corrected chi connectivity index (χ3v) is 16.3. The Balaban J connectivity index is 0.000000287. The van der Waals surface area contributed by atoms with Crippen LogP contribution in [0, 0.1) is 23.7 Å². The van der Waals surface area contributed by atoms with Crippen molar-refractivity contribution in [3.05, 3.63) is 95.6 Å². The number of amides is 4.